The van der Waals surface area contributed by atoms with E-state index < -0.39 is 0 Å². The van der Waals surface area contributed by atoms with Crippen LogP contribution < -0.4 is 0 Å². The van der Waals surface area contributed by atoms with E-state index >= 15 is 0 Å². The molecule has 0 fully saturated rings. The Morgan fingerprint density at radius 1 is 1.17 bits per heavy atom. The van der Waals surface area contributed by atoms with Crippen LogP contribution in [0.1, 0.15) is 46.7 Å². The molecule has 0 aromatic carbocycles. The zero-order valence-electron chi connectivity index (χ0n) is 15.4. The zero-order valence-corrected chi connectivity index (χ0v) is 15.4. The van der Waals surface area contributed by atoms with Crippen molar-refractivity contribution in [3.8, 4) is 0 Å². The van der Waals surface area contributed by atoms with Gasteiger partial charge in [0.2, 0.25) is 11.8 Å². The highest BCUT2D eigenvalue weighted by Gasteiger charge is 2.23. The van der Waals surface area contributed by atoms with Crippen LogP contribution in [0.4, 0.5) is 0 Å². The number of hydrogen-bond donors (Lipinski definition) is 0. The van der Waals surface area contributed by atoms with E-state index in [1.165, 1.54) is 0 Å². The molecule has 23 heavy (non-hydrogen) atoms. The fourth-order valence-electron chi connectivity index (χ4n) is 2.56. The van der Waals surface area contributed by atoms with E-state index in [0.29, 0.717) is 25.4 Å². The fourth-order valence-corrected chi connectivity index (χ4v) is 2.56. The lowest BCUT2D eigenvalue weighted by Gasteiger charge is -2.31. The molecule has 1 heterocycles. The van der Waals surface area contributed by atoms with Crippen LogP contribution in [-0.2, 0) is 23.2 Å². The number of rotatable bonds is 8. The van der Waals surface area contributed by atoms with Gasteiger partial charge in [0.25, 0.3) is 0 Å². The molecule has 0 aliphatic rings. The predicted octanol–water partition coefficient (Wildman–Crippen LogP) is 2.66. The molecule has 1 aromatic heterocycles. The highest BCUT2D eigenvalue weighted by atomic mass is 16.2. The van der Waals surface area contributed by atoms with Gasteiger partial charge in [-0.05, 0) is 31.9 Å². The summed E-state index contributed by atoms with van der Waals surface area (Å²) in [6, 6.07) is 4.04. The molecule has 0 radical (unpaired) electrons. The summed E-state index contributed by atoms with van der Waals surface area (Å²) in [7, 11) is 1.98. The van der Waals surface area contributed by atoms with Crippen molar-refractivity contribution < 1.29 is 9.59 Å². The first-order valence-corrected chi connectivity index (χ1v) is 8.43. The molecule has 0 atom stereocenters. The van der Waals surface area contributed by atoms with Crippen LogP contribution in [-0.4, -0.2) is 45.3 Å². The molecule has 0 spiro atoms. The maximum atomic E-state index is 12.8. The summed E-state index contributed by atoms with van der Waals surface area (Å²) >= 11 is 0. The van der Waals surface area contributed by atoms with Gasteiger partial charge in [0.15, 0.2) is 0 Å². The van der Waals surface area contributed by atoms with Crippen LogP contribution >= 0.6 is 0 Å². The topological polar surface area (TPSA) is 45.6 Å². The zero-order chi connectivity index (χ0) is 17.6. The van der Waals surface area contributed by atoms with Crippen LogP contribution in [0.25, 0.3) is 0 Å². The van der Waals surface area contributed by atoms with E-state index in [4.69, 9.17) is 0 Å². The summed E-state index contributed by atoms with van der Waals surface area (Å²) in [5, 5.41) is 0. The average Bonchev–Trinajstić information content (AvgIpc) is 2.87. The molecular weight excluding hydrogens is 290 g/mol. The van der Waals surface area contributed by atoms with Gasteiger partial charge >= 0.3 is 0 Å². The van der Waals surface area contributed by atoms with Crippen molar-refractivity contribution in [1.29, 1.82) is 0 Å². The number of hydrogen-bond acceptors (Lipinski definition) is 2. The van der Waals surface area contributed by atoms with E-state index in [1.54, 1.807) is 4.90 Å². The second-order valence-corrected chi connectivity index (χ2v) is 6.75. The monoisotopic (exact) mass is 321 g/mol. The molecular formula is C18H31N3O2. The van der Waals surface area contributed by atoms with Crippen LogP contribution in [0.2, 0.25) is 0 Å². The summed E-state index contributed by atoms with van der Waals surface area (Å²) in [5.74, 6) is 0.417. The molecule has 0 unspecified atom stereocenters. The molecule has 0 aliphatic carbocycles. The summed E-state index contributed by atoms with van der Waals surface area (Å²) in [5.41, 5.74) is 1.09. The Morgan fingerprint density at radius 2 is 1.83 bits per heavy atom. The third-order valence-electron chi connectivity index (χ3n) is 3.89. The van der Waals surface area contributed by atoms with E-state index in [9.17, 15) is 9.59 Å². The quantitative estimate of drug-likeness (QED) is 0.739. The Kier molecular flexibility index (Phi) is 7.33. The lowest BCUT2D eigenvalue weighted by atomic mass is 10.2. The number of amides is 2. The normalized spacial score (nSPS) is 11.1. The Hall–Kier alpha value is -1.78. The van der Waals surface area contributed by atoms with Gasteiger partial charge in [-0.1, -0.05) is 20.8 Å². The van der Waals surface area contributed by atoms with Crippen molar-refractivity contribution in [2.24, 2.45) is 13.0 Å². The first-order chi connectivity index (χ1) is 10.8. The molecule has 0 saturated carbocycles. The number of carbonyl (C=O) groups is 2. The van der Waals surface area contributed by atoms with E-state index in [-0.39, 0.29) is 24.4 Å². The van der Waals surface area contributed by atoms with Crippen LogP contribution in [0.15, 0.2) is 18.3 Å². The Balaban J connectivity index is 2.86. The van der Waals surface area contributed by atoms with Gasteiger partial charge in [0.1, 0.15) is 0 Å². The third kappa shape index (κ3) is 5.73. The van der Waals surface area contributed by atoms with Crippen molar-refractivity contribution >= 4 is 11.8 Å². The summed E-state index contributed by atoms with van der Waals surface area (Å²) in [6.07, 6.45) is 2.40. The first-order valence-electron chi connectivity index (χ1n) is 8.43. The van der Waals surface area contributed by atoms with Gasteiger partial charge in [-0.15, -0.1) is 0 Å². The highest BCUT2D eigenvalue weighted by molar-refractivity contribution is 5.85. The van der Waals surface area contributed by atoms with Crippen molar-refractivity contribution in [3.63, 3.8) is 0 Å². The molecule has 1 aromatic rings. The molecule has 0 N–H and O–H groups in total. The number of nitrogens with zero attached hydrogens (tertiary/aromatic N) is 3. The smallest absolute Gasteiger partial charge is 0.242 e. The lowest BCUT2D eigenvalue weighted by molar-refractivity contribution is -0.142. The predicted molar refractivity (Wildman–Crippen MR) is 92.8 cm³/mol. The van der Waals surface area contributed by atoms with Gasteiger partial charge < -0.3 is 14.4 Å². The van der Waals surface area contributed by atoms with E-state index in [0.717, 1.165) is 5.69 Å². The molecule has 130 valence electrons. The molecule has 2 amide bonds. The standard InChI is InChI=1S/C18H31N3O2/c1-7-17(22)21(15(4)5)13-18(23)20(11-14(2)3)12-16-9-8-10-19(16)6/h8-10,14-15H,7,11-13H2,1-6H3. The van der Waals surface area contributed by atoms with Gasteiger partial charge in [0, 0.05) is 37.9 Å². The summed E-state index contributed by atoms with van der Waals surface area (Å²) in [6.45, 7) is 11.4. The molecule has 1 rings (SSSR count). The summed E-state index contributed by atoms with van der Waals surface area (Å²) < 4.78 is 2.03. The fraction of sp³-hybridized carbons (Fsp3) is 0.667. The Bertz CT molecular complexity index is 520. The van der Waals surface area contributed by atoms with Crippen molar-refractivity contribution in [2.75, 3.05) is 13.1 Å². The summed E-state index contributed by atoms with van der Waals surface area (Å²) in [4.78, 5) is 28.4. The van der Waals surface area contributed by atoms with E-state index in [1.807, 2.05) is 55.6 Å². The Labute approximate surface area is 140 Å². The molecule has 5 heteroatoms. The second-order valence-electron chi connectivity index (χ2n) is 6.75. The van der Waals surface area contributed by atoms with Crippen molar-refractivity contribution in [3.05, 3.63) is 24.0 Å². The van der Waals surface area contributed by atoms with Crippen LogP contribution in [0, 0.1) is 5.92 Å². The van der Waals surface area contributed by atoms with Gasteiger partial charge in [0.05, 0.1) is 13.1 Å². The molecule has 0 bridgehead atoms. The van der Waals surface area contributed by atoms with Gasteiger partial charge in [-0.2, -0.15) is 0 Å². The van der Waals surface area contributed by atoms with Crippen LogP contribution in [0.5, 0.6) is 0 Å². The number of aryl methyl sites for hydroxylation is 1. The lowest BCUT2D eigenvalue weighted by Crippen LogP contribution is -2.46. The molecule has 0 aliphatic heterocycles. The minimum absolute atomic E-state index is 0.00963. The molecule has 5 nitrogen and oxygen atoms in total. The van der Waals surface area contributed by atoms with Crippen molar-refractivity contribution in [1.82, 2.24) is 14.4 Å². The Morgan fingerprint density at radius 3 is 2.26 bits per heavy atom. The van der Waals surface area contributed by atoms with Crippen LogP contribution in [0.3, 0.4) is 0 Å². The molecule has 0 saturated heterocycles. The van der Waals surface area contributed by atoms with E-state index in [2.05, 4.69) is 13.8 Å². The number of carbonyl (C=O) groups excluding carboxylic acids is 2. The third-order valence-corrected chi connectivity index (χ3v) is 3.89. The van der Waals surface area contributed by atoms with Gasteiger partial charge in [-0.25, -0.2) is 0 Å². The maximum Gasteiger partial charge on any atom is 0.242 e. The maximum absolute atomic E-state index is 12.8. The minimum atomic E-state index is 0.00963. The number of aromatic nitrogens is 1. The first kappa shape index (κ1) is 19.3. The minimum Gasteiger partial charge on any atom is -0.353 e. The van der Waals surface area contributed by atoms with Crippen molar-refractivity contribution in [2.45, 2.75) is 53.6 Å². The second kappa shape index (κ2) is 8.75. The highest BCUT2D eigenvalue weighted by Crippen LogP contribution is 2.10. The SMILES string of the molecule is CCC(=O)N(CC(=O)N(Cc1cccn1C)CC(C)C)C(C)C. The van der Waals surface area contributed by atoms with Gasteiger partial charge in [-0.3, -0.25) is 9.59 Å². The average molecular weight is 321 g/mol. The largest absolute Gasteiger partial charge is 0.353 e.